The smallest absolute Gasteiger partial charge is 0.301 e. The number of carbonyl (C=O) groups is 2. The average Bonchev–Trinajstić information content (AvgIpc) is 3.30. The van der Waals surface area contributed by atoms with Crippen LogP contribution in [-0.4, -0.2) is 21.8 Å². The number of aliphatic hydroxyl groups is 1. The van der Waals surface area contributed by atoms with Crippen LogP contribution < -0.4 is 4.90 Å². The number of amides is 1. The van der Waals surface area contributed by atoms with Crippen LogP contribution in [0.25, 0.3) is 5.76 Å². The van der Waals surface area contributed by atoms with E-state index in [0.29, 0.717) is 10.7 Å². The molecule has 1 atom stereocenters. The van der Waals surface area contributed by atoms with Gasteiger partial charge in [-0.2, -0.15) is 0 Å². The van der Waals surface area contributed by atoms with Crippen molar-refractivity contribution in [2.75, 3.05) is 4.90 Å². The van der Waals surface area contributed by atoms with Crippen LogP contribution in [0, 0.1) is 0 Å². The summed E-state index contributed by atoms with van der Waals surface area (Å²) in [5.41, 5.74) is 1.26. The lowest BCUT2D eigenvalue weighted by molar-refractivity contribution is -0.132. The quantitative estimate of drug-likeness (QED) is 0.368. The second kappa shape index (κ2) is 7.09. The van der Waals surface area contributed by atoms with Gasteiger partial charge in [-0.1, -0.05) is 58.4 Å². The van der Waals surface area contributed by atoms with Crippen LogP contribution in [0.5, 0.6) is 0 Å². The molecule has 0 spiro atoms. The third-order valence-corrected chi connectivity index (χ3v) is 5.60. The van der Waals surface area contributed by atoms with Gasteiger partial charge in [0.2, 0.25) is 0 Å². The number of benzene rings is 2. The highest BCUT2D eigenvalue weighted by molar-refractivity contribution is 9.10. The molecule has 1 aromatic heterocycles. The van der Waals surface area contributed by atoms with E-state index >= 15 is 0 Å². The van der Waals surface area contributed by atoms with Crippen LogP contribution in [0.4, 0.5) is 5.13 Å². The van der Waals surface area contributed by atoms with E-state index in [0.717, 1.165) is 10.0 Å². The van der Waals surface area contributed by atoms with Crippen molar-refractivity contribution in [2.45, 2.75) is 6.04 Å². The third kappa shape index (κ3) is 3.09. The van der Waals surface area contributed by atoms with Crippen molar-refractivity contribution in [1.29, 1.82) is 0 Å². The van der Waals surface area contributed by atoms with E-state index in [1.54, 1.807) is 35.8 Å². The van der Waals surface area contributed by atoms with Gasteiger partial charge in [-0.25, -0.2) is 4.98 Å². The topological polar surface area (TPSA) is 70.5 Å². The largest absolute Gasteiger partial charge is 0.507 e. The molecule has 2 aromatic carbocycles. The maximum Gasteiger partial charge on any atom is 0.301 e. The van der Waals surface area contributed by atoms with Gasteiger partial charge in [0.05, 0.1) is 11.6 Å². The Morgan fingerprint density at radius 1 is 1.07 bits per heavy atom. The normalized spacial score (nSPS) is 18.9. The molecule has 1 amide bonds. The number of ketones is 1. The molecule has 0 bridgehead atoms. The van der Waals surface area contributed by atoms with Crippen molar-refractivity contribution < 1.29 is 14.7 Å². The fourth-order valence-corrected chi connectivity index (χ4v) is 4.01. The molecular weight excluding hydrogens is 428 g/mol. The van der Waals surface area contributed by atoms with Crippen molar-refractivity contribution in [2.24, 2.45) is 0 Å². The molecule has 7 heteroatoms. The summed E-state index contributed by atoms with van der Waals surface area (Å²) in [6, 6.07) is 15.4. The first-order valence-corrected chi connectivity index (χ1v) is 9.76. The van der Waals surface area contributed by atoms with Crippen molar-refractivity contribution in [3.8, 4) is 0 Å². The molecule has 2 heterocycles. The van der Waals surface area contributed by atoms with Gasteiger partial charge >= 0.3 is 5.91 Å². The molecule has 27 heavy (non-hydrogen) atoms. The van der Waals surface area contributed by atoms with Gasteiger partial charge in [0.25, 0.3) is 5.78 Å². The van der Waals surface area contributed by atoms with E-state index in [-0.39, 0.29) is 11.3 Å². The van der Waals surface area contributed by atoms with E-state index in [1.165, 1.54) is 16.2 Å². The molecule has 1 fully saturated rings. The monoisotopic (exact) mass is 440 g/mol. The van der Waals surface area contributed by atoms with Crippen LogP contribution in [0.3, 0.4) is 0 Å². The minimum absolute atomic E-state index is 0.0590. The van der Waals surface area contributed by atoms with Gasteiger partial charge in [0, 0.05) is 21.6 Å². The highest BCUT2D eigenvalue weighted by Gasteiger charge is 2.47. The molecule has 0 radical (unpaired) electrons. The SMILES string of the molecule is O=C1C(=O)N(c2nccs2)[C@H](c2ccccc2)C1=C(O)c1ccc(Br)cc1. The molecule has 0 aliphatic carbocycles. The van der Waals surface area contributed by atoms with E-state index < -0.39 is 17.7 Å². The summed E-state index contributed by atoms with van der Waals surface area (Å²) in [5.74, 6) is -1.62. The second-order valence-corrected chi connectivity index (χ2v) is 7.69. The van der Waals surface area contributed by atoms with Gasteiger partial charge in [-0.3, -0.25) is 14.5 Å². The summed E-state index contributed by atoms with van der Waals surface area (Å²) in [6.07, 6.45) is 1.58. The number of rotatable bonds is 3. The fourth-order valence-electron chi connectivity index (χ4n) is 3.08. The Hall–Kier alpha value is -2.77. The number of hydrogen-bond donors (Lipinski definition) is 1. The predicted octanol–water partition coefficient (Wildman–Crippen LogP) is 4.53. The van der Waals surface area contributed by atoms with E-state index in [2.05, 4.69) is 20.9 Å². The predicted molar refractivity (Wildman–Crippen MR) is 107 cm³/mol. The Bertz CT molecular complexity index is 1030. The number of anilines is 1. The maximum atomic E-state index is 12.8. The molecule has 3 aromatic rings. The summed E-state index contributed by atoms with van der Waals surface area (Å²) in [6.45, 7) is 0. The Balaban J connectivity index is 1.93. The zero-order valence-electron chi connectivity index (χ0n) is 13.9. The summed E-state index contributed by atoms with van der Waals surface area (Å²) in [5, 5.41) is 13.1. The summed E-state index contributed by atoms with van der Waals surface area (Å²) in [7, 11) is 0. The first-order valence-electron chi connectivity index (χ1n) is 8.09. The molecule has 134 valence electrons. The number of nitrogens with zero attached hydrogens (tertiary/aromatic N) is 2. The van der Waals surface area contributed by atoms with E-state index in [4.69, 9.17) is 0 Å². The standard InChI is InChI=1S/C20H13BrN2O3S/c21-14-8-6-13(7-9-14)17(24)15-16(12-4-2-1-3-5-12)23(19(26)18(15)25)20-22-10-11-27-20/h1-11,16,24H/t16-/m1/s1. The van der Waals surface area contributed by atoms with Gasteiger partial charge < -0.3 is 5.11 Å². The number of aliphatic hydroxyl groups excluding tert-OH is 1. The van der Waals surface area contributed by atoms with Crippen molar-refractivity contribution in [3.05, 3.63) is 87.3 Å². The van der Waals surface area contributed by atoms with Crippen LogP contribution in [-0.2, 0) is 9.59 Å². The van der Waals surface area contributed by atoms with Crippen LogP contribution in [0.2, 0.25) is 0 Å². The number of halogens is 1. The lowest BCUT2D eigenvalue weighted by Crippen LogP contribution is -2.29. The molecule has 1 N–H and O–H groups in total. The van der Waals surface area contributed by atoms with Gasteiger partial charge in [-0.05, 0) is 17.7 Å². The zero-order valence-corrected chi connectivity index (χ0v) is 16.3. The summed E-state index contributed by atoms with van der Waals surface area (Å²) >= 11 is 4.62. The first kappa shape index (κ1) is 17.6. The second-order valence-electron chi connectivity index (χ2n) is 5.90. The number of aromatic nitrogens is 1. The number of thiazole rings is 1. The lowest BCUT2D eigenvalue weighted by Gasteiger charge is -2.22. The maximum absolute atomic E-state index is 12.8. The molecule has 1 saturated heterocycles. The van der Waals surface area contributed by atoms with E-state index in [9.17, 15) is 14.7 Å². The minimum atomic E-state index is -0.735. The molecule has 0 saturated carbocycles. The van der Waals surface area contributed by atoms with Gasteiger partial charge in [0.15, 0.2) is 5.13 Å². The fraction of sp³-hybridized carbons (Fsp3) is 0.0500. The highest BCUT2D eigenvalue weighted by atomic mass is 79.9. The molecule has 5 nitrogen and oxygen atoms in total. The van der Waals surface area contributed by atoms with Crippen molar-refractivity contribution in [3.63, 3.8) is 0 Å². The third-order valence-electron chi connectivity index (χ3n) is 4.30. The molecule has 1 aliphatic heterocycles. The highest BCUT2D eigenvalue weighted by Crippen LogP contribution is 2.42. The molecular formula is C20H13BrN2O3S. The van der Waals surface area contributed by atoms with Gasteiger partial charge in [0.1, 0.15) is 5.76 Å². The average molecular weight is 441 g/mol. The molecule has 1 aliphatic rings. The number of carbonyl (C=O) groups excluding carboxylic acids is 2. The first-order chi connectivity index (χ1) is 13.1. The number of Topliss-reactive ketones (excluding diaryl/α,β-unsaturated/α-hetero) is 1. The lowest BCUT2D eigenvalue weighted by atomic mass is 9.95. The molecule has 4 rings (SSSR count). The Labute approximate surface area is 167 Å². The molecule has 0 unspecified atom stereocenters. The summed E-state index contributed by atoms with van der Waals surface area (Å²) in [4.78, 5) is 31.2. The van der Waals surface area contributed by atoms with Crippen molar-refractivity contribution in [1.82, 2.24) is 4.98 Å². The van der Waals surface area contributed by atoms with Crippen LogP contribution in [0.1, 0.15) is 17.2 Å². The minimum Gasteiger partial charge on any atom is -0.507 e. The summed E-state index contributed by atoms with van der Waals surface area (Å²) < 4.78 is 0.849. The Morgan fingerprint density at radius 2 is 1.78 bits per heavy atom. The Kier molecular flexibility index (Phi) is 4.63. The van der Waals surface area contributed by atoms with Crippen molar-refractivity contribution >= 4 is 49.8 Å². The van der Waals surface area contributed by atoms with Crippen LogP contribution >= 0.6 is 27.3 Å². The van der Waals surface area contributed by atoms with Gasteiger partial charge in [-0.15, -0.1) is 11.3 Å². The number of hydrogen-bond acceptors (Lipinski definition) is 5. The van der Waals surface area contributed by atoms with Crippen LogP contribution in [0.15, 0.2) is 76.2 Å². The Morgan fingerprint density at radius 3 is 2.41 bits per heavy atom. The zero-order chi connectivity index (χ0) is 19.0. The van der Waals surface area contributed by atoms with E-state index in [1.807, 2.05) is 30.3 Å².